The van der Waals surface area contributed by atoms with Crippen molar-refractivity contribution < 1.29 is 13.2 Å². The number of sulfonamides is 1. The Morgan fingerprint density at radius 3 is 2.71 bits per heavy atom. The number of fused-ring (bicyclic) bond motifs is 1. The quantitative estimate of drug-likeness (QED) is 0.652. The molecule has 28 heavy (non-hydrogen) atoms. The van der Waals surface area contributed by atoms with Crippen LogP contribution in [-0.2, 0) is 16.6 Å². The summed E-state index contributed by atoms with van der Waals surface area (Å²) in [7, 11) is -3.84. The topological polar surface area (TPSA) is 112 Å². The van der Waals surface area contributed by atoms with E-state index >= 15 is 0 Å². The maximum absolute atomic E-state index is 12.8. The van der Waals surface area contributed by atoms with Gasteiger partial charge in [-0.3, -0.25) is 9.48 Å². The van der Waals surface area contributed by atoms with Gasteiger partial charge in [0.2, 0.25) is 10.0 Å². The van der Waals surface area contributed by atoms with Crippen LogP contribution in [0.2, 0.25) is 0 Å². The van der Waals surface area contributed by atoms with E-state index in [4.69, 9.17) is 11.6 Å². The van der Waals surface area contributed by atoms with Gasteiger partial charge in [0.1, 0.15) is 5.69 Å². The van der Waals surface area contributed by atoms with Crippen LogP contribution in [-0.4, -0.2) is 28.7 Å². The Labute approximate surface area is 166 Å². The van der Waals surface area contributed by atoms with Gasteiger partial charge in [-0.1, -0.05) is 17.3 Å². The lowest BCUT2D eigenvalue weighted by molar-refractivity contribution is 0.0986. The number of carbonyl (C=O) groups excluding carboxylic acids is 1. The van der Waals surface area contributed by atoms with E-state index in [1.807, 2.05) is 20.8 Å². The predicted molar refractivity (Wildman–Crippen MR) is 107 cm³/mol. The SMILES string of the molecule is C#CCn1c(=NC(=O)c2cc(C)nn2C(C)C)sc2cc(S(N)(=O)=O)ccc21. The third-order valence-electron chi connectivity index (χ3n) is 4.00. The second-order valence-corrected chi connectivity index (χ2v) is 9.05. The largest absolute Gasteiger partial charge is 0.305 e. The minimum atomic E-state index is -3.84. The Morgan fingerprint density at radius 2 is 2.11 bits per heavy atom. The fraction of sp³-hybridized carbons (Fsp3) is 0.278. The average molecular weight is 418 g/mol. The third-order valence-corrected chi connectivity index (χ3v) is 5.95. The van der Waals surface area contributed by atoms with Crippen molar-refractivity contribution in [2.24, 2.45) is 10.1 Å². The molecule has 10 heteroatoms. The summed E-state index contributed by atoms with van der Waals surface area (Å²) in [6.07, 6.45) is 5.47. The molecule has 0 bridgehead atoms. The molecule has 1 aromatic carbocycles. The Kier molecular flexibility index (Phi) is 5.25. The standard InChI is InChI=1S/C18H19N5O3S2/c1-5-8-22-14-7-6-13(28(19,25)26)10-16(14)27-18(22)20-17(24)15-9-12(4)21-23(15)11(2)3/h1,6-7,9-11H,8H2,2-4H3,(H2,19,25,26). The molecule has 0 aliphatic rings. The number of nitrogens with zero attached hydrogens (tertiary/aromatic N) is 4. The molecule has 0 saturated heterocycles. The molecule has 0 radical (unpaired) electrons. The van der Waals surface area contributed by atoms with Gasteiger partial charge in [0.25, 0.3) is 5.91 Å². The predicted octanol–water partition coefficient (Wildman–Crippen LogP) is 1.81. The summed E-state index contributed by atoms with van der Waals surface area (Å²) in [4.78, 5) is 17.4. The Hall–Kier alpha value is -2.74. The highest BCUT2D eigenvalue weighted by Crippen LogP contribution is 2.21. The van der Waals surface area contributed by atoms with E-state index in [1.165, 1.54) is 23.5 Å². The first-order valence-corrected chi connectivity index (χ1v) is 10.7. The molecular formula is C18H19N5O3S2. The summed E-state index contributed by atoms with van der Waals surface area (Å²) in [6.45, 7) is 5.84. The van der Waals surface area contributed by atoms with Crippen molar-refractivity contribution in [1.82, 2.24) is 14.3 Å². The zero-order valence-electron chi connectivity index (χ0n) is 15.6. The van der Waals surface area contributed by atoms with Crippen LogP contribution in [0.1, 0.15) is 36.1 Å². The van der Waals surface area contributed by atoms with Crippen LogP contribution in [0.5, 0.6) is 0 Å². The first-order valence-electron chi connectivity index (χ1n) is 8.36. The summed E-state index contributed by atoms with van der Waals surface area (Å²) in [5.41, 5.74) is 1.77. The second kappa shape index (κ2) is 7.35. The molecule has 8 nitrogen and oxygen atoms in total. The van der Waals surface area contributed by atoms with Gasteiger partial charge in [-0.2, -0.15) is 10.1 Å². The van der Waals surface area contributed by atoms with Gasteiger partial charge in [0, 0.05) is 6.04 Å². The molecule has 0 unspecified atom stereocenters. The van der Waals surface area contributed by atoms with Crippen LogP contribution in [0.25, 0.3) is 10.2 Å². The number of rotatable bonds is 4. The molecule has 146 valence electrons. The van der Waals surface area contributed by atoms with E-state index in [0.717, 1.165) is 5.69 Å². The fourth-order valence-electron chi connectivity index (χ4n) is 2.77. The summed E-state index contributed by atoms with van der Waals surface area (Å²) < 4.78 is 27.2. The van der Waals surface area contributed by atoms with Crippen molar-refractivity contribution in [2.75, 3.05) is 0 Å². The number of terminal acetylenes is 1. The molecule has 2 N–H and O–H groups in total. The van der Waals surface area contributed by atoms with Gasteiger partial charge in [0.05, 0.1) is 27.4 Å². The maximum atomic E-state index is 12.8. The van der Waals surface area contributed by atoms with E-state index in [-0.39, 0.29) is 17.5 Å². The molecule has 3 rings (SSSR count). The number of nitrogens with two attached hydrogens (primary N) is 1. The van der Waals surface area contributed by atoms with Crippen LogP contribution < -0.4 is 9.94 Å². The van der Waals surface area contributed by atoms with Crippen molar-refractivity contribution in [2.45, 2.75) is 38.3 Å². The highest BCUT2D eigenvalue weighted by atomic mass is 32.2. The number of hydrogen-bond acceptors (Lipinski definition) is 5. The maximum Gasteiger partial charge on any atom is 0.297 e. The number of thiazole rings is 1. The molecule has 0 fully saturated rings. The monoisotopic (exact) mass is 417 g/mol. The van der Waals surface area contributed by atoms with E-state index in [0.29, 0.717) is 20.7 Å². The molecule has 0 aliphatic carbocycles. The Balaban J connectivity index is 2.20. The lowest BCUT2D eigenvalue weighted by Crippen LogP contribution is -2.18. The Morgan fingerprint density at radius 1 is 1.39 bits per heavy atom. The summed E-state index contributed by atoms with van der Waals surface area (Å²) in [5, 5.41) is 9.54. The fourth-order valence-corrected chi connectivity index (χ4v) is 4.46. The van der Waals surface area contributed by atoms with Gasteiger partial charge in [-0.25, -0.2) is 13.6 Å². The Bertz CT molecular complexity index is 1290. The summed E-state index contributed by atoms with van der Waals surface area (Å²) in [6, 6.07) is 6.15. The van der Waals surface area contributed by atoms with E-state index in [1.54, 1.807) is 21.4 Å². The molecule has 0 aliphatic heterocycles. The molecule has 0 atom stereocenters. The van der Waals surface area contributed by atoms with Crippen LogP contribution in [0.4, 0.5) is 0 Å². The molecular weight excluding hydrogens is 398 g/mol. The van der Waals surface area contributed by atoms with Crippen LogP contribution in [0, 0.1) is 19.3 Å². The van der Waals surface area contributed by atoms with Gasteiger partial charge >= 0.3 is 0 Å². The van der Waals surface area contributed by atoms with Crippen LogP contribution >= 0.6 is 11.3 Å². The van der Waals surface area contributed by atoms with Gasteiger partial charge in [0.15, 0.2) is 4.80 Å². The highest BCUT2D eigenvalue weighted by Gasteiger charge is 2.17. The minimum Gasteiger partial charge on any atom is -0.305 e. The molecule has 2 aromatic heterocycles. The lowest BCUT2D eigenvalue weighted by Gasteiger charge is -2.07. The molecule has 0 spiro atoms. The van der Waals surface area contributed by atoms with Gasteiger partial charge in [-0.05, 0) is 45.0 Å². The lowest BCUT2D eigenvalue weighted by atomic mass is 10.3. The van der Waals surface area contributed by atoms with Crippen molar-refractivity contribution >= 4 is 37.5 Å². The van der Waals surface area contributed by atoms with Crippen molar-refractivity contribution in [1.29, 1.82) is 0 Å². The number of carbonyl (C=O) groups is 1. The molecule has 2 heterocycles. The number of benzene rings is 1. The number of hydrogen-bond donors (Lipinski definition) is 1. The minimum absolute atomic E-state index is 0.000379. The van der Waals surface area contributed by atoms with E-state index in [2.05, 4.69) is 16.0 Å². The molecule has 0 saturated carbocycles. The zero-order valence-corrected chi connectivity index (χ0v) is 17.2. The first-order chi connectivity index (χ1) is 13.1. The van der Waals surface area contributed by atoms with E-state index < -0.39 is 15.9 Å². The highest BCUT2D eigenvalue weighted by molar-refractivity contribution is 7.89. The number of aryl methyl sites for hydroxylation is 1. The summed E-state index contributed by atoms with van der Waals surface area (Å²) >= 11 is 1.17. The average Bonchev–Trinajstić information content (AvgIpc) is 3.15. The number of amides is 1. The van der Waals surface area contributed by atoms with Crippen LogP contribution in [0.15, 0.2) is 34.2 Å². The number of primary sulfonamides is 1. The van der Waals surface area contributed by atoms with Gasteiger partial charge in [-0.15, -0.1) is 6.42 Å². The summed E-state index contributed by atoms with van der Waals surface area (Å²) in [5.74, 6) is 2.09. The second-order valence-electron chi connectivity index (χ2n) is 6.48. The van der Waals surface area contributed by atoms with Crippen molar-refractivity contribution in [3.63, 3.8) is 0 Å². The first kappa shape index (κ1) is 20.0. The molecule has 1 amide bonds. The zero-order chi connectivity index (χ0) is 20.6. The molecule has 3 aromatic rings. The third kappa shape index (κ3) is 3.77. The van der Waals surface area contributed by atoms with Gasteiger partial charge < -0.3 is 4.57 Å². The van der Waals surface area contributed by atoms with E-state index in [9.17, 15) is 13.2 Å². The van der Waals surface area contributed by atoms with Crippen LogP contribution in [0.3, 0.4) is 0 Å². The number of aromatic nitrogens is 3. The normalized spacial score (nSPS) is 12.6. The van der Waals surface area contributed by atoms with Crippen molar-refractivity contribution in [3.8, 4) is 12.3 Å². The smallest absolute Gasteiger partial charge is 0.297 e. The van der Waals surface area contributed by atoms with Crippen molar-refractivity contribution in [3.05, 3.63) is 40.5 Å².